The first-order chi connectivity index (χ1) is 12.6. The van der Waals surface area contributed by atoms with E-state index in [0.29, 0.717) is 31.4 Å². The van der Waals surface area contributed by atoms with Crippen LogP contribution < -0.4 is 10.2 Å². The Bertz CT molecular complexity index is 743. The fourth-order valence-corrected chi connectivity index (χ4v) is 3.06. The van der Waals surface area contributed by atoms with Crippen molar-refractivity contribution in [1.82, 2.24) is 20.0 Å². The highest BCUT2D eigenvalue weighted by Crippen LogP contribution is 2.23. The first kappa shape index (κ1) is 18.2. The van der Waals surface area contributed by atoms with E-state index in [1.807, 2.05) is 24.1 Å². The van der Waals surface area contributed by atoms with E-state index < -0.39 is 0 Å². The fourth-order valence-electron chi connectivity index (χ4n) is 3.06. The van der Waals surface area contributed by atoms with Crippen LogP contribution in [0.15, 0.2) is 23.0 Å². The highest BCUT2D eigenvalue weighted by atomic mass is 16.5. The molecule has 1 amide bonds. The largest absolute Gasteiger partial charge is 0.363 e. The minimum absolute atomic E-state index is 0.0972. The van der Waals surface area contributed by atoms with Crippen LogP contribution in [0.5, 0.6) is 0 Å². The minimum atomic E-state index is 0.0972. The van der Waals surface area contributed by atoms with Crippen LogP contribution in [0.2, 0.25) is 0 Å². The molecule has 1 saturated heterocycles. The van der Waals surface area contributed by atoms with E-state index in [4.69, 9.17) is 4.52 Å². The van der Waals surface area contributed by atoms with Gasteiger partial charge in [0.25, 0.3) is 0 Å². The van der Waals surface area contributed by atoms with Crippen molar-refractivity contribution in [2.24, 2.45) is 0 Å². The number of hydrogen-bond acceptors (Lipinski definition) is 7. The lowest BCUT2D eigenvalue weighted by Crippen LogP contribution is -2.48. The number of amides is 1. The van der Waals surface area contributed by atoms with E-state index in [9.17, 15) is 4.79 Å². The Morgan fingerprint density at radius 2 is 2.04 bits per heavy atom. The maximum Gasteiger partial charge on any atom is 0.241 e. The van der Waals surface area contributed by atoms with E-state index in [2.05, 4.69) is 34.3 Å². The number of carbonyl (C=O) groups is 1. The maximum atomic E-state index is 11.9. The number of rotatable bonds is 7. The zero-order valence-corrected chi connectivity index (χ0v) is 15.6. The van der Waals surface area contributed by atoms with Crippen LogP contribution in [0.25, 0.3) is 0 Å². The summed E-state index contributed by atoms with van der Waals surface area (Å²) in [5.41, 5.74) is 1.01. The van der Waals surface area contributed by atoms with Gasteiger partial charge in [0, 0.05) is 38.2 Å². The van der Waals surface area contributed by atoms with Gasteiger partial charge in [-0.25, -0.2) is 9.97 Å². The molecule has 1 aliphatic rings. The molecule has 26 heavy (non-hydrogen) atoms. The van der Waals surface area contributed by atoms with Crippen molar-refractivity contribution in [3.63, 3.8) is 0 Å². The Morgan fingerprint density at radius 3 is 2.77 bits per heavy atom. The molecular formula is C18H26N6O2. The molecular weight excluding hydrogens is 332 g/mol. The third-order valence-corrected chi connectivity index (χ3v) is 4.86. The van der Waals surface area contributed by atoms with Gasteiger partial charge in [-0.15, -0.1) is 0 Å². The Morgan fingerprint density at radius 1 is 1.23 bits per heavy atom. The number of carbonyl (C=O) groups excluding carboxylic acids is 1. The highest BCUT2D eigenvalue weighted by molar-refractivity contribution is 5.82. The van der Waals surface area contributed by atoms with Gasteiger partial charge in [0.2, 0.25) is 5.91 Å². The van der Waals surface area contributed by atoms with E-state index >= 15 is 0 Å². The van der Waals surface area contributed by atoms with Gasteiger partial charge < -0.3 is 19.6 Å². The van der Waals surface area contributed by atoms with Crippen LogP contribution in [-0.2, 0) is 11.3 Å². The first-order valence-electron chi connectivity index (χ1n) is 9.11. The van der Waals surface area contributed by atoms with Gasteiger partial charge in [0.15, 0.2) is 5.76 Å². The summed E-state index contributed by atoms with van der Waals surface area (Å²) in [5.74, 6) is 2.76. The quantitative estimate of drug-likeness (QED) is 0.812. The number of hydrogen-bond donors (Lipinski definition) is 1. The lowest BCUT2D eigenvalue weighted by atomic mass is 9.99. The van der Waals surface area contributed by atoms with E-state index in [0.717, 1.165) is 36.7 Å². The average molecular weight is 358 g/mol. The summed E-state index contributed by atoms with van der Waals surface area (Å²) in [7, 11) is 1.82. The topological polar surface area (TPSA) is 87.4 Å². The molecule has 8 nitrogen and oxygen atoms in total. The molecule has 0 radical (unpaired) electrons. The molecule has 3 rings (SSSR count). The number of aromatic nitrogens is 3. The number of nitrogens with zero attached hydrogens (tertiary/aromatic N) is 5. The second-order valence-corrected chi connectivity index (χ2v) is 6.58. The highest BCUT2D eigenvalue weighted by Gasteiger charge is 2.22. The van der Waals surface area contributed by atoms with Crippen molar-refractivity contribution in [2.75, 3.05) is 36.9 Å². The third-order valence-electron chi connectivity index (χ3n) is 4.86. The maximum absolute atomic E-state index is 11.9. The van der Waals surface area contributed by atoms with E-state index in [-0.39, 0.29) is 5.91 Å². The molecule has 3 heterocycles. The summed E-state index contributed by atoms with van der Waals surface area (Å²) in [5, 5.41) is 7.42. The SMILES string of the molecule is CCC(CC)c1cc(CNc2cc(N3CCN(C)C(=O)C3)ncn2)on1. The minimum Gasteiger partial charge on any atom is -0.363 e. The second-order valence-electron chi connectivity index (χ2n) is 6.58. The Kier molecular flexibility index (Phi) is 5.70. The molecule has 0 aromatic carbocycles. The van der Waals surface area contributed by atoms with Crippen LogP contribution >= 0.6 is 0 Å². The normalized spacial score (nSPS) is 15.0. The fraction of sp³-hybridized carbons (Fsp3) is 0.556. The summed E-state index contributed by atoms with van der Waals surface area (Å²) >= 11 is 0. The van der Waals surface area contributed by atoms with Gasteiger partial charge in [-0.3, -0.25) is 4.79 Å². The third kappa shape index (κ3) is 4.12. The Labute approximate surface area is 153 Å². The van der Waals surface area contributed by atoms with E-state index in [1.54, 1.807) is 4.90 Å². The zero-order valence-electron chi connectivity index (χ0n) is 15.6. The van der Waals surface area contributed by atoms with Crippen molar-refractivity contribution < 1.29 is 9.32 Å². The van der Waals surface area contributed by atoms with Crippen LogP contribution in [0.4, 0.5) is 11.6 Å². The molecule has 0 spiro atoms. The lowest BCUT2D eigenvalue weighted by molar-refractivity contribution is -0.129. The summed E-state index contributed by atoms with van der Waals surface area (Å²) in [6.45, 7) is 6.62. The number of piperazine rings is 1. The van der Waals surface area contributed by atoms with Gasteiger partial charge in [0.1, 0.15) is 18.0 Å². The molecule has 0 bridgehead atoms. The predicted molar refractivity (Wildman–Crippen MR) is 99.0 cm³/mol. The average Bonchev–Trinajstić information content (AvgIpc) is 3.12. The van der Waals surface area contributed by atoms with Crippen molar-refractivity contribution >= 4 is 17.5 Å². The zero-order chi connectivity index (χ0) is 18.5. The van der Waals surface area contributed by atoms with Crippen LogP contribution in [0, 0.1) is 0 Å². The van der Waals surface area contributed by atoms with Gasteiger partial charge in [-0.1, -0.05) is 19.0 Å². The second kappa shape index (κ2) is 8.16. The molecule has 2 aromatic heterocycles. The summed E-state index contributed by atoms with van der Waals surface area (Å²) in [4.78, 5) is 24.1. The van der Waals surface area contributed by atoms with Crippen molar-refractivity contribution in [1.29, 1.82) is 0 Å². The molecule has 1 N–H and O–H groups in total. The molecule has 2 aromatic rings. The summed E-state index contributed by atoms with van der Waals surface area (Å²) in [6, 6.07) is 3.86. The van der Waals surface area contributed by atoms with Crippen molar-refractivity contribution in [2.45, 2.75) is 39.2 Å². The smallest absolute Gasteiger partial charge is 0.241 e. The van der Waals surface area contributed by atoms with Crippen LogP contribution in [0.1, 0.15) is 44.1 Å². The Balaban J connectivity index is 1.62. The van der Waals surface area contributed by atoms with Crippen LogP contribution in [0.3, 0.4) is 0 Å². The molecule has 140 valence electrons. The molecule has 0 aliphatic carbocycles. The molecule has 1 fully saturated rings. The first-order valence-corrected chi connectivity index (χ1v) is 9.11. The molecule has 0 atom stereocenters. The van der Waals surface area contributed by atoms with Gasteiger partial charge in [0.05, 0.1) is 18.8 Å². The monoisotopic (exact) mass is 358 g/mol. The molecule has 0 unspecified atom stereocenters. The molecule has 8 heteroatoms. The van der Waals surface area contributed by atoms with Crippen LogP contribution in [-0.4, -0.2) is 52.6 Å². The van der Waals surface area contributed by atoms with Crippen molar-refractivity contribution in [3.05, 3.63) is 29.9 Å². The predicted octanol–water partition coefficient (Wildman–Crippen LogP) is 2.26. The number of nitrogens with one attached hydrogen (secondary N) is 1. The summed E-state index contributed by atoms with van der Waals surface area (Å²) < 4.78 is 5.43. The molecule has 1 aliphatic heterocycles. The summed E-state index contributed by atoms with van der Waals surface area (Å²) in [6.07, 6.45) is 3.61. The number of likely N-dealkylation sites (N-methyl/N-ethyl adjacent to an activating group) is 1. The Hall–Kier alpha value is -2.64. The van der Waals surface area contributed by atoms with Gasteiger partial charge in [-0.2, -0.15) is 0 Å². The van der Waals surface area contributed by atoms with Gasteiger partial charge >= 0.3 is 0 Å². The van der Waals surface area contributed by atoms with E-state index in [1.165, 1.54) is 6.33 Å². The molecule has 0 saturated carbocycles. The standard InChI is InChI=1S/C18H26N6O2/c1-4-13(5-2)15-8-14(26-22-15)10-19-16-9-17(21-12-20-16)24-7-6-23(3)18(25)11-24/h8-9,12-13H,4-7,10-11H2,1-3H3,(H,19,20,21). The van der Waals surface area contributed by atoms with Crippen molar-refractivity contribution in [3.8, 4) is 0 Å². The van der Waals surface area contributed by atoms with Gasteiger partial charge in [-0.05, 0) is 12.8 Å². The number of anilines is 2. The lowest BCUT2D eigenvalue weighted by Gasteiger charge is -2.32.